The number of benzene rings is 2. The van der Waals surface area contributed by atoms with Crippen LogP contribution in [0, 0.1) is 0 Å². The van der Waals surface area contributed by atoms with Crippen molar-refractivity contribution in [2.75, 3.05) is 0 Å². The summed E-state index contributed by atoms with van der Waals surface area (Å²) in [6, 6.07) is 14.9. The van der Waals surface area contributed by atoms with Gasteiger partial charge in [0.1, 0.15) is 0 Å². The highest BCUT2D eigenvalue weighted by Gasteiger charge is 2.04. The molecule has 0 aliphatic carbocycles. The quantitative estimate of drug-likeness (QED) is 0.644. The molecule has 0 radical (unpaired) electrons. The lowest BCUT2D eigenvalue weighted by Gasteiger charge is -2.04. The maximum Gasteiger partial charge on any atom is 0.439 e. The van der Waals surface area contributed by atoms with Crippen molar-refractivity contribution >= 4 is 5.97 Å². The summed E-state index contributed by atoms with van der Waals surface area (Å²) in [5.41, 5.74) is 3.50. The Morgan fingerprint density at radius 2 is 1.52 bits per heavy atom. The minimum Gasteiger partial charge on any atom is -0.478 e. The lowest BCUT2D eigenvalue weighted by Crippen LogP contribution is -1.96. The first-order chi connectivity index (χ1) is 12.1. The monoisotopic (exact) mass is 338 g/mol. The highest BCUT2D eigenvalue weighted by atomic mass is 16.5. The van der Waals surface area contributed by atoms with Gasteiger partial charge in [0.05, 0.1) is 5.56 Å². The molecule has 0 bridgehead atoms. The SMILES string of the molecule is O=C(O)c1ccc(CCCCc2ccc(-c3noc(=O)[nH]3)cc2)cc1. The smallest absolute Gasteiger partial charge is 0.439 e. The molecule has 0 amide bonds. The van der Waals surface area contributed by atoms with E-state index in [1.807, 2.05) is 36.4 Å². The first kappa shape index (κ1) is 16.7. The zero-order valence-corrected chi connectivity index (χ0v) is 13.6. The molecule has 6 heteroatoms. The zero-order valence-electron chi connectivity index (χ0n) is 13.6. The molecule has 0 unspecified atom stereocenters. The summed E-state index contributed by atoms with van der Waals surface area (Å²) in [5.74, 6) is -1.03. The number of unbranched alkanes of at least 4 members (excludes halogenated alkanes) is 1. The molecule has 0 spiro atoms. The normalized spacial score (nSPS) is 10.7. The molecule has 1 heterocycles. The van der Waals surface area contributed by atoms with Crippen molar-refractivity contribution < 1.29 is 14.4 Å². The number of hydrogen-bond acceptors (Lipinski definition) is 4. The van der Waals surface area contributed by atoms with Gasteiger partial charge in [-0.05, 0) is 48.9 Å². The number of nitrogens with zero attached hydrogens (tertiary/aromatic N) is 1. The topological polar surface area (TPSA) is 96.2 Å². The van der Waals surface area contributed by atoms with Gasteiger partial charge >= 0.3 is 11.7 Å². The van der Waals surface area contributed by atoms with Gasteiger partial charge in [-0.15, -0.1) is 0 Å². The van der Waals surface area contributed by atoms with E-state index >= 15 is 0 Å². The number of carboxylic acids is 1. The highest BCUT2D eigenvalue weighted by molar-refractivity contribution is 5.87. The third kappa shape index (κ3) is 4.44. The van der Waals surface area contributed by atoms with Crippen molar-refractivity contribution in [1.29, 1.82) is 0 Å². The van der Waals surface area contributed by atoms with Crippen LogP contribution in [0.1, 0.15) is 34.3 Å². The summed E-state index contributed by atoms with van der Waals surface area (Å²) in [7, 11) is 0. The molecule has 0 aliphatic rings. The van der Waals surface area contributed by atoms with E-state index in [9.17, 15) is 9.59 Å². The molecule has 128 valence electrons. The van der Waals surface area contributed by atoms with E-state index in [4.69, 9.17) is 5.11 Å². The maximum atomic E-state index is 11.0. The molecular weight excluding hydrogens is 320 g/mol. The van der Waals surface area contributed by atoms with Crippen LogP contribution in [0.4, 0.5) is 0 Å². The van der Waals surface area contributed by atoms with Crippen molar-refractivity contribution in [3.05, 3.63) is 75.8 Å². The Labute approximate surface area is 144 Å². The van der Waals surface area contributed by atoms with Crippen molar-refractivity contribution in [3.8, 4) is 11.4 Å². The van der Waals surface area contributed by atoms with Gasteiger partial charge in [0, 0.05) is 5.56 Å². The van der Waals surface area contributed by atoms with Gasteiger partial charge in [-0.1, -0.05) is 41.6 Å². The number of aryl methyl sites for hydroxylation is 2. The molecule has 6 nitrogen and oxygen atoms in total. The van der Waals surface area contributed by atoms with E-state index in [0.717, 1.165) is 36.8 Å². The van der Waals surface area contributed by atoms with Crippen LogP contribution in [0.5, 0.6) is 0 Å². The average Bonchev–Trinajstić information content (AvgIpc) is 3.06. The summed E-state index contributed by atoms with van der Waals surface area (Å²) in [6.07, 6.45) is 3.96. The van der Waals surface area contributed by atoms with E-state index in [1.54, 1.807) is 12.1 Å². The van der Waals surface area contributed by atoms with E-state index in [-0.39, 0.29) is 0 Å². The first-order valence-electron chi connectivity index (χ1n) is 8.09. The fraction of sp³-hybridized carbons (Fsp3) is 0.211. The predicted octanol–water partition coefficient (Wildman–Crippen LogP) is 3.29. The predicted molar refractivity (Wildman–Crippen MR) is 92.6 cm³/mol. The minimum atomic E-state index is -0.898. The maximum absolute atomic E-state index is 11.0. The van der Waals surface area contributed by atoms with E-state index < -0.39 is 11.7 Å². The molecule has 25 heavy (non-hydrogen) atoms. The Morgan fingerprint density at radius 1 is 0.960 bits per heavy atom. The van der Waals surface area contributed by atoms with Gasteiger partial charge < -0.3 is 5.11 Å². The molecule has 0 saturated heterocycles. The summed E-state index contributed by atoms with van der Waals surface area (Å²) in [5, 5.41) is 12.5. The Morgan fingerprint density at radius 3 is 2.00 bits per heavy atom. The van der Waals surface area contributed by atoms with Crippen LogP contribution in [0.25, 0.3) is 11.4 Å². The molecule has 3 rings (SSSR count). The lowest BCUT2D eigenvalue weighted by atomic mass is 10.0. The van der Waals surface area contributed by atoms with Crippen LogP contribution in [0.3, 0.4) is 0 Å². The molecule has 0 saturated carbocycles. The summed E-state index contributed by atoms with van der Waals surface area (Å²) >= 11 is 0. The van der Waals surface area contributed by atoms with Crippen LogP contribution >= 0.6 is 0 Å². The second-order valence-electron chi connectivity index (χ2n) is 5.85. The molecule has 0 aliphatic heterocycles. The number of hydrogen-bond donors (Lipinski definition) is 2. The largest absolute Gasteiger partial charge is 0.478 e. The minimum absolute atomic E-state index is 0.317. The van der Waals surface area contributed by atoms with Crippen molar-refractivity contribution in [1.82, 2.24) is 10.1 Å². The lowest BCUT2D eigenvalue weighted by molar-refractivity contribution is 0.0697. The van der Waals surface area contributed by atoms with Gasteiger partial charge in [0.25, 0.3) is 0 Å². The zero-order chi connectivity index (χ0) is 17.6. The third-order valence-electron chi connectivity index (χ3n) is 4.05. The van der Waals surface area contributed by atoms with Crippen LogP contribution in [0.2, 0.25) is 0 Å². The molecule has 0 atom stereocenters. The Balaban J connectivity index is 1.47. The molecule has 2 aromatic carbocycles. The van der Waals surface area contributed by atoms with E-state index in [2.05, 4.69) is 14.7 Å². The molecular formula is C19H18N2O4. The molecule has 2 N–H and O–H groups in total. The van der Waals surface area contributed by atoms with Crippen LogP contribution in [-0.4, -0.2) is 21.2 Å². The second-order valence-corrected chi connectivity index (χ2v) is 5.85. The first-order valence-corrected chi connectivity index (χ1v) is 8.09. The van der Waals surface area contributed by atoms with Crippen molar-refractivity contribution in [2.45, 2.75) is 25.7 Å². The number of H-pyrrole nitrogens is 1. The van der Waals surface area contributed by atoms with Crippen LogP contribution in [-0.2, 0) is 12.8 Å². The fourth-order valence-corrected chi connectivity index (χ4v) is 2.66. The number of aromatic nitrogens is 2. The number of carboxylic acid groups (broad SMARTS) is 1. The molecule has 1 aromatic heterocycles. The Hall–Kier alpha value is -3.15. The summed E-state index contributed by atoms with van der Waals surface area (Å²) in [6.45, 7) is 0. The summed E-state index contributed by atoms with van der Waals surface area (Å²) in [4.78, 5) is 24.3. The Bertz CT molecular complexity index is 892. The average molecular weight is 338 g/mol. The van der Waals surface area contributed by atoms with Gasteiger partial charge in [0.2, 0.25) is 0 Å². The van der Waals surface area contributed by atoms with Gasteiger partial charge in [-0.25, -0.2) is 9.59 Å². The van der Waals surface area contributed by atoms with Gasteiger partial charge in [-0.2, -0.15) is 0 Å². The van der Waals surface area contributed by atoms with Crippen molar-refractivity contribution in [3.63, 3.8) is 0 Å². The second kappa shape index (κ2) is 7.61. The number of nitrogens with one attached hydrogen (secondary N) is 1. The van der Waals surface area contributed by atoms with Crippen LogP contribution < -0.4 is 5.76 Å². The van der Waals surface area contributed by atoms with Gasteiger partial charge in [-0.3, -0.25) is 9.51 Å². The summed E-state index contributed by atoms with van der Waals surface area (Å²) < 4.78 is 4.50. The third-order valence-corrected chi connectivity index (χ3v) is 4.05. The highest BCUT2D eigenvalue weighted by Crippen LogP contribution is 2.16. The standard InChI is InChI=1S/C19H18N2O4/c22-18(23)16-11-7-14(8-12-16)4-2-1-3-13-5-9-15(10-6-13)17-20-19(24)25-21-17/h5-12H,1-4H2,(H,22,23)(H,20,21,24). The van der Waals surface area contributed by atoms with Crippen LogP contribution in [0.15, 0.2) is 57.8 Å². The van der Waals surface area contributed by atoms with E-state index in [1.165, 1.54) is 5.56 Å². The fourth-order valence-electron chi connectivity index (χ4n) is 2.66. The number of carbonyl (C=O) groups is 1. The van der Waals surface area contributed by atoms with E-state index in [0.29, 0.717) is 11.4 Å². The van der Waals surface area contributed by atoms with Crippen molar-refractivity contribution in [2.24, 2.45) is 0 Å². The number of aromatic amines is 1. The van der Waals surface area contributed by atoms with Gasteiger partial charge in [0.15, 0.2) is 5.82 Å². The Kier molecular flexibility index (Phi) is 5.09. The molecule has 0 fully saturated rings. The molecule has 3 aromatic rings. The number of rotatable bonds is 7. The number of aromatic carboxylic acids is 1.